The molecule has 2 rings (SSSR count). The van der Waals surface area contributed by atoms with Gasteiger partial charge in [-0.15, -0.1) is 0 Å². The van der Waals surface area contributed by atoms with E-state index in [0.29, 0.717) is 24.6 Å². The molecule has 0 radical (unpaired) electrons. The van der Waals surface area contributed by atoms with E-state index < -0.39 is 0 Å². The molecule has 0 heterocycles. The molecule has 0 aromatic heterocycles. The van der Waals surface area contributed by atoms with E-state index in [1.165, 1.54) is 0 Å². The van der Waals surface area contributed by atoms with Gasteiger partial charge in [-0.25, -0.2) is 4.79 Å². The summed E-state index contributed by atoms with van der Waals surface area (Å²) < 4.78 is 10.6. The Kier molecular flexibility index (Phi) is 5.60. The number of hydrogen-bond acceptors (Lipinski definition) is 3. The van der Waals surface area contributed by atoms with Crippen molar-refractivity contribution >= 4 is 11.7 Å². The zero-order valence-corrected chi connectivity index (χ0v) is 11.8. The highest BCUT2D eigenvalue weighted by Crippen LogP contribution is 2.23. The lowest BCUT2D eigenvalue weighted by Gasteiger charge is -2.09. The van der Waals surface area contributed by atoms with Gasteiger partial charge in [-0.2, -0.15) is 0 Å². The van der Waals surface area contributed by atoms with Crippen LogP contribution in [0.5, 0.6) is 11.5 Å². The average Bonchev–Trinajstić information content (AvgIpc) is 2.49. The topological polar surface area (TPSA) is 59.6 Å². The fraction of sp³-hybridized carbons (Fsp3) is 0.188. The minimum atomic E-state index is -0.274. The lowest BCUT2D eigenvalue weighted by atomic mass is 10.3. The number of para-hydroxylation sites is 1. The van der Waals surface area contributed by atoms with E-state index in [9.17, 15) is 4.79 Å². The van der Waals surface area contributed by atoms with Gasteiger partial charge >= 0.3 is 6.03 Å². The third-order valence-corrected chi connectivity index (χ3v) is 2.66. The smallest absolute Gasteiger partial charge is 0.319 e. The number of anilines is 1. The minimum absolute atomic E-state index is 0.274. The van der Waals surface area contributed by atoms with E-state index >= 15 is 0 Å². The Balaban J connectivity index is 1.93. The minimum Gasteiger partial charge on any atom is -0.457 e. The molecule has 0 aliphatic carbocycles. The van der Waals surface area contributed by atoms with E-state index in [-0.39, 0.29) is 6.03 Å². The molecule has 0 bridgehead atoms. The summed E-state index contributed by atoms with van der Waals surface area (Å²) in [5, 5.41) is 5.43. The van der Waals surface area contributed by atoms with Gasteiger partial charge in [0.15, 0.2) is 0 Å². The van der Waals surface area contributed by atoms with Crippen molar-refractivity contribution in [3.63, 3.8) is 0 Å². The summed E-state index contributed by atoms with van der Waals surface area (Å²) in [6.45, 7) is 0.938. The maximum absolute atomic E-state index is 11.6. The lowest BCUT2D eigenvalue weighted by molar-refractivity contribution is 0.198. The van der Waals surface area contributed by atoms with Crippen LogP contribution in [0.4, 0.5) is 10.5 Å². The van der Waals surface area contributed by atoms with E-state index in [2.05, 4.69) is 10.6 Å². The summed E-state index contributed by atoms with van der Waals surface area (Å²) in [6.07, 6.45) is 0. The highest BCUT2D eigenvalue weighted by atomic mass is 16.5. The number of methoxy groups -OCH3 is 1. The highest BCUT2D eigenvalue weighted by molar-refractivity contribution is 5.89. The summed E-state index contributed by atoms with van der Waals surface area (Å²) >= 11 is 0. The molecular formula is C16H18N2O3. The van der Waals surface area contributed by atoms with Crippen LogP contribution in [0.1, 0.15) is 0 Å². The maximum atomic E-state index is 11.6. The standard InChI is InChI=1S/C16H18N2O3/c1-20-11-10-17-16(19)18-13-6-5-9-15(12-13)21-14-7-3-2-4-8-14/h2-9,12H,10-11H2,1H3,(H2,17,18,19). The molecule has 2 amide bonds. The van der Waals surface area contributed by atoms with Crippen molar-refractivity contribution in [3.05, 3.63) is 54.6 Å². The van der Waals surface area contributed by atoms with Crippen molar-refractivity contribution < 1.29 is 14.3 Å². The summed E-state index contributed by atoms with van der Waals surface area (Å²) in [4.78, 5) is 11.6. The van der Waals surface area contributed by atoms with E-state index in [0.717, 1.165) is 5.75 Å². The molecule has 0 saturated heterocycles. The summed E-state index contributed by atoms with van der Waals surface area (Å²) in [6, 6.07) is 16.4. The lowest BCUT2D eigenvalue weighted by Crippen LogP contribution is -2.31. The number of hydrogen-bond donors (Lipinski definition) is 2. The Morgan fingerprint density at radius 1 is 1.05 bits per heavy atom. The third-order valence-electron chi connectivity index (χ3n) is 2.66. The second kappa shape index (κ2) is 7.91. The predicted octanol–water partition coefficient (Wildman–Crippen LogP) is 3.25. The fourth-order valence-corrected chi connectivity index (χ4v) is 1.70. The molecule has 0 aliphatic rings. The highest BCUT2D eigenvalue weighted by Gasteiger charge is 2.03. The largest absolute Gasteiger partial charge is 0.457 e. The van der Waals surface area contributed by atoms with Crippen LogP contribution in [0.3, 0.4) is 0 Å². The number of amides is 2. The van der Waals surface area contributed by atoms with Crippen LogP contribution >= 0.6 is 0 Å². The van der Waals surface area contributed by atoms with Crippen molar-refractivity contribution in [2.45, 2.75) is 0 Å². The molecule has 0 spiro atoms. The number of carbonyl (C=O) groups is 1. The normalized spacial score (nSPS) is 9.95. The molecule has 0 unspecified atom stereocenters. The third kappa shape index (κ3) is 5.16. The van der Waals surface area contributed by atoms with Gasteiger partial charge in [0.2, 0.25) is 0 Å². The van der Waals surface area contributed by atoms with E-state index in [1.807, 2.05) is 42.5 Å². The molecule has 5 heteroatoms. The monoisotopic (exact) mass is 286 g/mol. The zero-order chi connectivity index (χ0) is 14.9. The molecule has 110 valence electrons. The van der Waals surface area contributed by atoms with Gasteiger partial charge < -0.3 is 20.1 Å². The van der Waals surface area contributed by atoms with Gasteiger partial charge in [0, 0.05) is 25.4 Å². The van der Waals surface area contributed by atoms with Gasteiger partial charge in [0.1, 0.15) is 11.5 Å². The van der Waals surface area contributed by atoms with Crippen LogP contribution in [0, 0.1) is 0 Å². The Bertz CT molecular complexity index is 573. The zero-order valence-electron chi connectivity index (χ0n) is 11.8. The molecule has 0 fully saturated rings. The first-order chi connectivity index (χ1) is 10.3. The summed E-state index contributed by atoms with van der Waals surface area (Å²) in [5.41, 5.74) is 0.665. The van der Waals surface area contributed by atoms with E-state index in [1.54, 1.807) is 19.2 Å². The van der Waals surface area contributed by atoms with Gasteiger partial charge in [-0.3, -0.25) is 0 Å². The molecule has 2 N–H and O–H groups in total. The molecule has 21 heavy (non-hydrogen) atoms. The molecular weight excluding hydrogens is 268 g/mol. The Hall–Kier alpha value is -2.53. The number of benzene rings is 2. The number of carbonyl (C=O) groups excluding carboxylic acids is 1. The quantitative estimate of drug-likeness (QED) is 0.801. The van der Waals surface area contributed by atoms with Gasteiger partial charge in [-0.05, 0) is 24.3 Å². The SMILES string of the molecule is COCCNC(=O)Nc1cccc(Oc2ccccc2)c1. The molecule has 2 aromatic rings. The van der Waals surface area contributed by atoms with Crippen LogP contribution < -0.4 is 15.4 Å². The Morgan fingerprint density at radius 3 is 2.57 bits per heavy atom. The van der Waals surface area contributed by atoms with Crippen molar-refractivity contribution in [2.75, 3.05) is 25.6 Å². The maximum Gasteiger partial charge on any atom is 0.319 e. The first-order valence-corrected chi connectivity index (χ1v) is 6.64. The van der Waals surface area contributed by atoms with Crippen LogP contribution in [0.2, 0.25) is 0 Å². The van der Waals surface area contributed by atoms with Crippen molar-refractivity contribution in [2.24, 2.45) is 0 Å². The number of ether oxygens (including phenoxy) is 2. The average molecular weight is 286 g/mol. The number of urea groups is 1. The molecule has 0 atom stereocenters. The van der Waals surface area contributed by atoms with Gasteiger partial charge in [0.05, 0.1) is 6.61 Å². The Morgan fingerprint density at radius 2 is 1.81 bits per heavy atom. The number of nitrogens with one attached hydrogen (secondary N) is 2. The van der Waals surface area contributed by atoms with E-state index in [4.69, 9.17) is 9.47 Å². The molecule has 5 nitrogen and oxygen atoms in total. The van der Waals surface area contributed by atoms with Crippen LogP contribution in [0.25, 0.3) is 0 Å². The first-order valence-electron chi connectivity index (χ1n) is 6.64. The first kappa shape index (κ1) is 14.9. The van der Waals surface area contributed by atoms with Crippen molar-refractivity contribution in [3.8, 4) is 11.5 Å². The Labute approximate surface area is 123 Å². The predicted molar refractivity (Wildman–Crippen MR) is 81.9 cm³/mol. The molecule has 0 aliphatic heterocycles. The van der Waals surface area contributed by atoms with Crippen molar-refractivity contribution in [1.82, 2.24) is 5.32 Å². The van der Waals surface area contributed by atoms with Crippen molar-refractivity contribution in [1.29, 1.82) is 0 Å². The van der Waals surface area contributed by atoms with Crippen LogP contribution in [-0.4, -0.2) is 26.3 Å². The summed E-state index contributed by atoms with van der Waals surface area (Å²) in [7, 11) is 1.59. The fourth-order valence-electron chi connectivity index (χ4n) is 1.70. The van der Waals surface area contributed by atoms with Crippen LogP contribution in [0.15, 0.2) is 54.6 Å². The second-order valence-electron chi connectivity index (χ2n) is 4.32. The summed E-state index contributed by atoms with van der Waals surface area (Å²) in [5.74, 6) is 1.41. The number of rotatable bonds is 6. The second-order valence-corrected chi connectivity index (χ2v) is 4.32. The molecule has 2 aromatic carbocycles. The van der Waals surface area contributed by atoms with Crippen LogP contribution in [-0.2, 0) is 4.74 Å². The molecule has 0 saturated carbocycles. The van der Waals surface area contributed by atoms with Gasteiger partial charge in [-0.1, -0.05) is 24.3 Å². The van der Waals surface area contributed by atoms with Gasteiger partial charge in [0.25, 0.3) is 0 Å².